The number of esters is 1. The van der Waals surface area contributed by atoms with E-state index in [0.717, 1.165) is 6.42 Å². The van der Waals surface area contributed by atoms with Gasteiger partial charge in [0, 0.05) is 17.8 Å². The molecule has 1 aliphatic heterocycles. The average Bonchev–Trinajstić information content (AvgIpc) is 2.95. The van der Waals surface area contributed by atoms with Crippen molar-refractivity contribution in [1.82, 2.24) is 4.90 Å². The van der Waals surface area contributed by atoms with E-state index < -0.39 is 11.9 Å². The molecular formula is C22H22N2O5. The predicted octanol–water partition coefficient (Wildman–Crippen LogP) is 3.37. The van der Waals surface area contributed by atoms with E-state index in [9.17, 15) is 19.2 Å². The molecule has 29 heavy (non-hydrogen) atoms. The third-order valence-electron chi connectivity index (χ3n) is 4.70. The Labute approximate surface area is 168 Å². The lowest BCUT2D eigenvalue weighted by Crippen LogP contribution is -2.31. The van der Waals surface area contributed by atoms with Gasteiger partial charge in [-0.05, 0) is 48.7 Å². The van der Waals surface area contributed by atoms with Crippen LogP contribution in [0.3, 0.4) is 0 Å². The molecule has 3 rings (SSSR count). The van der Waals surface area contributed by atoms with Crippen LogP contribution in [-0.2, 0) is 4.74 Å². The molecule has 0 aromatic heterocycles. The number of anilines is 1. The van der Waals surface area contributed by atoms with Crippen molar-refractivity contribution in [1.29, 1.82) is 0 Å². The molecule has 0 fully saturated rings. The fraction of sp³-hybridized carbons (Fsp3) is 0.273. The molecule has 0 bridgehead atoms. The minimum atomic E-state index is -0.510. The van der Waals surface area contributed by atoms with Crippen molar-refractivity contribution in [2.24, 2.45) is 5.92 Å². The fourth-order valence-electron chi connectivity index (χ4n) is 3.07. The minimum absolute atomic E-state index is 0.231. The first-order valence-electron chi connectivity index (χ1n) is 9.31. The number of benzene rings is 2. The second-order valence-electron chi connectivity index (χ2n) is 7.23. The van der Waals surface area contributed by atoms with Crippen molar-refractivity contribution in [2.75, 3.05) is 19.0 Å². The lowest BCUT2D eigenvalue weighted by atomic mass is 10.1. The van der Waals surface area contributed by atoms with Crippen LogP contribution in [0.2, 0.25) is 0 Å². The van der Waals surface area contributed by atoms with E-state index in [0.29, 0.717) is 29.3 Å². The van der Waals surface area contributed by atoms with Crippen molar-refractivity contribution in [3.8, 4) is 0 Å². The Hall–Kier alpha value is -3.48. The molecule has 0 spiro atoms. The molecule has 7 heteroatoms. The van der Waals surface area contributed by atoms with E-state index in [1.165, 1.54) is 36.3 Å². The van der Waals surface area contributed by atoms with Gasteiger partial charge in [0.2, 0.25) is 0 Å². The molecule has 0 unspecified atom stereocenters. The first kappa shape index (κ1) is 20.3. The Morgan fingerprint density at radius 3 is 2.41 bits per heavy atom. The molecule has 1 N–H and O–H groups in total. The Bertz CT molecular complexity index is 996. The van der Waals surface area contributed by atoms with E-state index in [4.69, 9.17) is 0 Å². The largest absolute Gasteiger partial charge is 0.465 e. The van der Waals surface area contributed by atoms with Gasteiger partial charge in [-0.25, -0.2) is 4.79 Å². The van der Waals surface area contributed by atoms with E-state index >= 15 is 0 Å². The van der Waals surface area contributed by atoms with E-state index in [1.54, 1.807) is 18.2 Å². The maximum atomic E-state index is 12.6. The zero-order valence-corrected chi connectivity index (χ0v) is 16.5. The molecule has 0 aliphatic carbocycles. The van der Waals surface area contributed by atoms with Crippen LogP contribution >= 0.6 is 0 Å². The van der Waals surface area contributed by atoms with Gasteiger partial charge in [-0.2, -0.15) is 0 Å². The summed E-state index contributed by atoms with van der Waals surface area (Å²) in [6.45, 7) is 4.40. The quantitative estimate of drug-likeness (QED) is 0.599. The second-order valence-corrected chi connectivity index (χ2v) is 7.23. The highest BCUT2D eigenvalue weighted by Gasteiger charge is 2.35. The number of carbonyl (C=O) groups excluding carboxylic acids is 4. The molecule has 2 aromatic carbocycles. The number of hydrogen-bond donors (Lipinski definition) is 1. The van der Waals surface area contributed by atoms with Crippen molar-refractivity contribution in [3.63, 3.8) is 0 Å². The Morgan fingerprint density at radius 1 is 1.00 bits per heavy atom. The SMILES string of the molecule is COC(=O)c1cccc(NC(=O)c2ccc3c(c2)C(=O)N(CCC(C)C)C3=O)c1. The molecule has 1 heterocycles. The van der Waals surface area contributed by atoms with Gasteiger partial charge in [0.15, 0.2) is 0 Å². The zero-order chi connectivity index (χ0) is 21.1. The van der Waals surface area contributed by atoms with Crippen LogP contribution in [0.1, 0.15) is 61.7 Å². The smallest absolute Gasteiger partial charge is 0.337 e. The van der Waals surface area contributed by atoms with E-state index in [-0.39, 0.29) is 22.9 Å². The molecule has 150 valence electrons. The average molecular weight is 394 g/mol. The molecule has 2 aromatic rings. The predicted molar refractivity (Wildman–Crippen MR) is 107 cm³/mol. The van der Waals surface area contributed by atoms with Crippen molar-refractivity contribution < 1.29 is 23.9 Å². The minimum Gasteiger partial charge on any atom is -0.465 e. The monoisotopic (exact) mass is 394 g/mol. The number of amides is 3. The maximum Gasteiger partial charge on any atom is 0.337 e. The standard InChI is InChI=1S/C22H22N2O5/c1-13(2)9-10-24-20(26)17-8-7-14(12-18(17)21(24)27)19(25)23-16-6-4-5-15(11-16)22(28)29-3/h4-8,11-13H,9-10H2,1-3H3,(H,23,25). The number of carbonyl (C=O) groups is 4. The molecule has 3 amide bonds. The van der Waals surface area contributed by atoms with Crippen LogP contribution < -0.4 is 5.32 Å². The van der Waals surface area contributed by atoms with Crippen LogP contribution in [0.4, 0.5) is 5.69 Å². The summed E-state index contributed by atoms with van der Waals surface area (Å²) in [5, 5.41) is 2.69. The Kier molecular flexibility index (Phi) is 5.77. The molecule has 0 radical (unpaired) electrons. The maximum absolute atomic E-state index is 12.6. The third-order valence-corrected chi connectivity index (χ3v) is 4.70. The van der Waals surface area contributed by atoms with Crippen molar-refractivity contribution in [3.05, 3.63) is 64.7 Å². The summed E-state index contributed by atoms with van der Waals surface area (Å²) in [6, 6.07) is 10.8. The van der Waals surface area contributed by atoms with Gasteiger partial charge in [-0.15, -0.1) is 0 Å². The highest BCUT2D eigenvalue weighted by Crippen LogP contribution is 2.25. The number of imide groups is 1. The molecule has 0 saturated carbocycles. The summed E-state index contributed by atoms with van der Waals surface area (Å²) in [6.07, 6.45) is 0.718. The summed E-state index contributed by atoms with van der Waals surface area (Å²) < 4.78 is 4.67. The topological polar surface area (TPSA) is 92.8 Å². The molecule has 1 aliphatic rings. The van der Waals surface area contributed by atoms with Crippen molar-refractivity contribution in [2.45, 2.75) is 20.3 Å². The van der Waals surface area contributed by atoms with Gasteiger partial charge in [0.25, 0.3) is 17.7 Å². The van der Waals surface area contributed by atoms with Gasteiger partial charge in [-0.3, -0.25) is 19.3 Å². The summed E-state index contributed by atoms with van der Waals surface area (Å²) in [7, 11) is 1.28. The molecule has 0 atom stereocenters. The number of nitrogens with one attached hydrogen (secondary N) is 1. The van der Waals surface area contributed by atoms with Gasteiger partial charge in [0.05, 0.1) is 23.8 Å². The lowest BCUT2D eigenvalue weighted by Gasteiger charge is -2.14. The van der Waals surface area contributed by atoms with Gasteiger partial charge in [0.1, 0.15) is 0 Å². The van der Waals surface area contributed by atoms with Gasteiger partial charge >= 0.3 is 5.97 Å². The fourth-order valence-corrected chi connectivity index (χ4v) is 3.07. The van der Waals surface area contributed by atoms with E-state index in [1.807, 2.05) is 13.8 Å². The van der Waals surface area contributed by atoms with Crippen LogP contribution in [-0.4, -0.2) is 42.2 Å². The van der Waals surface area contributed by atoms with E-state index in [2.05, 4.69) is 10.1 Å². The number of hydrogen-bond acceptors (Lipinski definition) is 5. The number of rotatable bonds is 6. The lowest BCUT2D eigenvalue weighted by molar-refractivity contribution is 0.0598. The number of ether oxygens (including phenoxy) is 1. The molecular weight excluding hydrogens is 372 g/mol. The summed E-state index contributed by atoms with van der Waals surface area (Å²) in [4.78, 5) is 50.6. The normalized spacial score (nSPS) is 12.9. The number of nitrogens with zero attached hydrogens (tertiary/aromatic N) is 1. The first-order chi connectivity index (χ1) is 13.8. The van der Waals surface area contributed by atoms with Crippen LogP contribution in [0, 0.1) is 5.92 Å². The van der Waals surface area contributed by atoms with Gasteiger partial charge < -0.3 is 10.1 Å². The molecule has 0 saturated heterocycles. The highest BCUT2D eigenvalue weighted by molar-refractivity contribution is 6.22. The van der Waals surface area contributed by atoms with Crippen LogP contribution in [0.25, 0.3) is 0 Å². The van der Waals surface area contributed by atoms with Crippen molar-refractivity contribution >= 4 is 29.4 Å². The second kappa shape index (κ2) is 8.26. The summed E-state index contributed by atoms with van der Waals surface area (Å²) in [5.74, 6) is -1.31. The molecule has 7 nitrogen and oxygen atoms in total. The summed E-state index contributed by atoms with van der Waals surface area (Å²) >= 11 is 0. The van der Waals surface area contributed by atoms with Gasteiger partial charge in [-0.1, -0.05) is 19.9 Å². The zero-order valence-electron chi connectivity index (χ0n) is 16.5. The Balaban J connectivity index is 1.79. The van der Waals surface area contributed by atoms with Crippen LogP contribution in [0.15, 0.2) is 42.5 Å². The van der Waals surface area contributed by atoms with Crippen LogP contribution in [0.5, 0.6) is 0 Å². The number of methoxy groups -OCH3 is 1. The summed E-state index contributed by atoms with van der Waals surface area (Å²) in [5.41, 5.74) is 1.51. The number of fused-ring (bicyclic) bond motifs is 1. The highest BCUT2D eigenvalue weighted by atomic mass is 16.5. The Morgan fingerprint density at radius 2 is 1.72 bits per heavy atom. The first-order valence-corrected chi connectivity index (χ1v) is 9.31. The third kappa shape index (κ3) is 4.18.